The summed E-state index contributed by atoms with van der Waals surface area (Å²) in [5.74, 6) is 0. The maximum atomic E-state index is 5.71. The number of hydrogen-bond donors (Lipinski definition) is 0. The molecule has 0 rings (SSSR count). The highest BCUT2D eigenvalue weighted by atomic mass is 28.4. The highest BCUT2D eigenvalue weighted by molar-refractivity contribution is 6.70. The van der Waals surface area contributed by atoms with Gasteiger partial charge in [-0.25, -0.2) is 0 Å². The molecule has 0 bridgehead atoms. The average molecular weight is 367 g/mol. The molecule has 4 nitrogen and oxygen atoms in total. The highest BCUT2D eigenvalue weighted by Crippen LogP contribution is 2.40. The van der Waals surface area contributed by atoms with E-state index in [0.717, 1.165) is 6.04 Å². The van der Waals surface area contributed by atoms with Crippen molar-refractivity contribution in [1.82, 2.24) is 0 Å². The molecule has 0 saturated carbocycles. The average Bonchev–Trinajstić information content (AvgIpc) is 2.43. The van der Waals surface area contributed by atoms with Crippen molar-refractivity contribution in [3.63, 3.8) is 0 Å². The Balaban J connectivity index is 0. The maximum absolute atomic E-state index is 5.71. The summed E-state index contributed by atoms with van der Waals surface area (Å²) in [7, 11) is 3.66. The molecule has 0 saturated heterocycles. The van der Waals surface area contributed by atoms with Gasteiger partial charge in [-0.2, -0.15) is 0 Å². The molecule has 0 heterocycles. The van der Waals surface area contributed by atoms with Gasteiger partial charge >= 0.3 is 17.8 Å². The monoisotopic (exact) mass is 366 g/mol. The Kier molecular flexibility index (Phi) is 13.0. The van der Waals surface area contributed by atoms with Gasteiger partial charge in [-0.3, -0.25) is 0 Å². The molecule has 0 aromatic carbocycles. The number of hydrogen-bond acceptors (Lipinski definition) is 4. The van der Waals surface area contributed by atoms with Crippen molar-refractivity contribution in [3.05, 3.63) is 0 Å². The largest absolute Gasteiger partial charge is 0.400 e. The fourth-order valence-corrected chi connectivity index (χ4v) is 7.56. The third-order valence-corrected chi connectivity index (χ3v) is 10.9. The summed E-state index contributed by atoms with van der Waals surface area (Å²) in [6.45, 7) is 15.3. The molecule has 142 valence electrons. The van der Waals surface area contributed by atoms with Gasteiger partial charge in [0.2, 0.25) is 0 Å². The van der Waals surface area contributed by atoms with E-state index in [9.17, 15) is 0 Å². The van der Waals surface area contributed by atoms with Gasteiger partial charge < -0.3 is 17.7 Å². The smallest absolute Gasteiger partial charge is 0.343 e. The van der Waals surface area contributed by atoms with E-state index in [0.29, 0.717) is 0 Å². The summed E-state index contributed by atoms with van der Waals surface area (Å²) < 4.78 is 21.8. The molecule has 0 N–H and O–H groups in total. The van der Waals surface area contributed by atoms with Gasteiger partial charge in [0.05, 0.1) is 0 Å². The molecule has 0 aromatic heterocycles. The summed E-state index contributed by atoms with van der Waals surface area (Å²) in [5, 5.41) is 0.369. The molecule has 0 amide bonds. The van der Waals surface area contributed by atoms with Gasteiger partial charge in [-0.1, -0.05) is 67.7 Å². The van der Waals surface area contributed by atoms with Crippen LogP contribution in [0.5, 0.6) is 0 Å². The van der Waals surface area contributed by atoms with Crippen LogP contribution in [0.4, 0.5) is 0 Å². The molecule has 23 heavy (non-hydrogen) atoms. The summed E-state index contributed by atoms with van der Waals surface area (Å²) in [5.41, 5.74) is 0. The summed E-state index contributed by atoms with van der Waals surface area (Å²) in [4.78, 5) is 0. The Hall–Kier alpha value is 0.274. The molecule has 0 aromatic rings. The molecule has 0 spiro atoms. The first kappa shape index (κ1) is 25.5. The van der Waals surface area contributed by atoms with E-state index >= 15 is 0 Å². The van der Waals surface area contributed by atoms with Gasteiger partial charge in [-0.15, -0.1) is 0 Å². The minimum Gasteiger partial charge on any atom is -0.400 e. The van der Waals surface area contributed by atoms with Crippen LogP contribution in [0, 0.1) is 0 Å². The molecule has 0 aliphatic heterocycles. The Bertz CT molecular complexity index is 277. The van der Waals surface area contributed by atoms with E-state index in [2.05, 4.69) is 48.5 Å². The second-order valence-electron chi connectivity index (χ2n) is 8.04. The van der Waals surface area contributed by atoms with Crippen LogP contribution in [0.25, 0.3) is 0 Å². The van der Waals surface area contributed by atoms with E-state index in [4.69, 9.17) is 17.7 Å². The van der Waals surface area contributed by atoms with Crippen molar-refractivity contribution < 1.29 is 17.7 Å². The van der Waals surface area contributed by atoms with Crippen molar-refractivity contribution in [3.8, 4) is 0 Å². The van der Waals surface area contributed by atoms with Crippen LogP contribution in [-0.4, -0.2) is 46.3 Å². The van der Waals surface area contributed by atoms with E-state index < -0.39 is 17.8 Å². The Labute approximate surface area is 148 Å². The van der Waals surface area contributed by atoms with Gasteiger partial charge in [0, 0.05) is 38.5 Å². The third kappa shape index (κ3) is 9.36. The Morgan fingerprint density at radius 2 is 1.22 bits per heavy atom. The molecule has 0 aliphatic rings. The van der Waals surface area contributed by atoms with Crippen molar-refractivity contribution in [2.24, 2.45) is 0 Å². The van der Waals surface area contributed by atoms with Crippen molar-refractivity contribution >= 4 is 17.8 Å². The first-order valence-electron chi connectivity index (χ1n) is 8.61. The first-order valence-corrected chi connectivity index (χ1v) is 12.2. The van der Waals surface area contributed by atoms with Crippen LogP contribution in [0.1, 0.15) is 67.7 Å². The molecular formula is C17H42O4Si2. The van der Waals surface area contributed by atoms with Gasteiger partial charge in [0.25, 0.3) is 0 Å². The van der Waals surface area contributed by atoms with Crippen LogP contribution < -0.4 is 0 Å². The second kappa shape index (κ2) is 11.8. The minimum atomic E-state index is -1.98. The van der Waals surface area contributed by atoms with E-state index in [1.54, 1.807) is 28.4 Å². The standard InChI is InChI=1S/C11H26O2Si.C6H16O2Si/c1-7-8-9-10-14(12-5,13-6)11(2,3)4;1-6(2,3)9(7-4)8-5/h7-10H2,1-6H3;9H,1-5H3. The molecule has 0 unspecified atom stereocenters. The van der Waals surface area contributed by atoms with Gasteiger partial charge in [0.15, 0.2) is 0 Å². The summed E-state index contributed by atoms with van der Waals surface area (Å²) >= 11 is 0. The highest BCUT2D eigenvalue weighted by Gasteiger charge is 2.47. The summed E-state index contributed by atoms with van der Waals surface area (Å²) in [6.07, 6.45) is 3.75. The van der Waals surface area contributed by atoms with Crippen LogP contribution in [0.15, 0.2) is 0 Å². The van der Waals surface area contributed by atoms with Crippen LogP contribution in [0.2, 0.25) is 16.1 Å². The fourth-order valence-electron chi connectivity index (χ4n) is 2.69. The zero-order valence-corrected chi connectivity index (χ0v) is 19.7. The maximum Gasteiger partial charge on any atom is 0.343 e. The Morgan fingerprint density at radius 3 is 1.39 bits per heavy atom. The lowest BCUT2D eigenvalue weighted by Crippen LogP contribution is -2.48. The lowest BCUT2D eigenvalue weighted by atomic mass is 10.2. The number of rotatable bonds is 8. The van der Waals surface area contributed by atoms with E-state index in [1.165, 1.54) is 19.3 Å². The Morgan fingerprint density at radius 1 is 0.783 bits per heavy atom. The zero-order chi connectivity index (χ0) is 18.7. The first-order chi connectivity index (χ1) is 10.5. The molecule has 0 fully saturated rings. The van der Waals surface area contributed by atoms with E-state index in [1.807, 2.05) is 0 Å². The van der Waals surface area contributed by atoms with Crippen molar-refractivity contribution in [2.45, 2.75) is 83.8 Å². The SMILES string of the molecule is CCCCC[Si](OC)(OC)C(C)(C)C.CO[SiH](OC)C(C)(C)C. The predicted octanol–water partition coefficient (Wildman–Crippen LogP) is 5.01. The fraction of sp³-hybridized carbons (Fsp3) is 1.00. The molecular weight excluding hydrogens is 324 g/mol. The number of unbranched alkanes of at least 4 members (excludes halogenated alkanes) is 2. The van der Waals surface area contributed by atoms with Crippen LogP contribution in [-0.2, 0) is 17.7 Å². The predicted molar refractivity (Wildman–Crippen MR) is 105 cm³/mol. The zero-order valence-electron chi connectivity index (χ0n) is 17.5. The van der Waals surface area contributed by atoms with Crippen molar-refractivity contribution in [2.75, 3.05) is 28.4 Å². The van der Waals surface area contributed by atoms with Crippen molar-refractivity contribution in [1.29, 1.82) is 0 Å². The minimum absolute atomic E-state index is 0.157. The lowest BCUT2D eigenvalue weighted by Gasteiger charge is -2.38. The third-order valence-electron chi connectivity index (χ3n) is 4.05. The topological polar surface area (TPSA) is 36.9 Å². The van der Waals surface area contributed by atoms with Gasteiger partial charge in [-0.05, 0) is 6.04 Å². The van der Waals surface area contributed by atoms with E-state index in [-0.39, 0.29) is 10.1 Å². The van der Waals surface area contributed by atoms with Crippen LogP contribution >= 0.6 is 0 Å². The lowest BCUT2D eigenvalue weighted by molar-refractivity contribution is 0.212. The normalized spacial score (nSPS) is 13.0. The van der Waals surface area contributed by atoms with Gasteiger partial charge in [0.1, 0.15) is 0 Å². The molecule has 0 atom stereocenters. The summed E-state index contributed by atoms with van der Waals surface area (Å²) in [6, 6.07) is 1.11. The quantitative estimate of drug-likeness (QED) is 0.447. The molecule has 0 radical (unpaired) electrons. The van der Waals surface area contributed by atoms with Crippen LogP contribution in [0.3, 0.4) is 0 Å². The second-order valence-corrected chi connectivity index (χ2v) is 15.7. The molecule has 0 aliphatic carbocycles. The molecule has 6 heteroatoms.